The van der Waals surface area contributed by atoms with E-state index in [4.69, 9.17) is 0 Å². The molecule has 0 aliphatic carbocycles. The van der Waals surface area contributed by atoms with E-state index in [1.807, 2.05) is 29.2 Å². The Morgan fingerprint density at radius 3 is 2.82 bits per heavy atom. The summed E-state index contributed by atoms with van der Waals surface area (Å²) >= 11 is 0. The van der Waals surface area contributed by atoms with E-state index in [-0.39, 0.29) is 6.03 Å². The van der Waals surface area contributed by atoms with E-state index in [1.54, 1.807) is 10.8 Å². The highest BCUT2D eigenvalue weighted by Crippen LogP contribution is 2.15. The predicted molar refractivity (Wildman–Crippen MR) is 66.0 cm³/mol. The molecule has 17 heavy (non-hydrogen) atoms. The highest BCUT2D eigenvalue weighted by Gasteiger charge is 2.18. The lowest BCUT2D eigenvalue weighted by Crippen LogP contribution is -2.47. The van der Waals surface area contributed by atoms with Crippen LogP contribution in [-0.4, -0.2) is 41.7 Å². The molecule has 0 unspecified atom stereocenters. The van der Waals surface area contributed by atoms with E-state index in [0.717, 1.165) is 37.1 Å². The van der Waals surface area contributed by atoms with Crippen LogP contribution in [0.4, 0.5) is 4.79 Å². The lowest BCUT2D eigenvalue weighted by molar-refractivity contribution is 0.193. The Kier molecular flexibility index (Phi) is 2.57. The maximum atomic E-state index is 12.3. The third-order valence-corrected chi connectivity index (χ3v) is 3.11. The quantitative estimate of drug-likeness (QED) is 0.738. The largest absolute Gasteiger partial charge is 0.328 e. The molecule has 2 heterocycles. The summed E-state index contributed by atoms with van der Waals surface area (Å²) in [4.78, 5) is 14.2. The van der Waals surface area contributed by atoms with Gasteiger partial charge in [-0.05, 0) is 6.07 Å². The van der Waals surface area contributed by atoms with Crippen LogP contribution in [0.3, 0.4) is 0 Å². The van der Waals surface area contributed by atoms with Crippen LogP contribution in [0, 0.1) is 6.07 Å². The molecular weight excluding hydrogens is 214 g/mol. The van der Waals surface area contributed by atoms with E-state index in [2.05, 4.69) is 11.4 Å². The molecule has 0 atom stereocenters. The standard InChI is InChI=1S/C13H14N3O/c17-13(15-9-6-14-7-10-15)16-8-5-11-3-1-2-4-12(11)16/h1-4,8,14H,6-7,9-10H2. The average molecular weight is 228 g/mol. The molecule has 1 saturated heterocycles. The number of carbonyl (C=O) groups is 1. The highest BCUT2D eigenvalue weighted by molar-refractivity contribution is 5.91. The van der Waals surface area contributed by atoms with Gasteiger partial charge in [0.15, 0.2) is 0 Å². The number of amides is 1. The average Bonchev–Trinajstić information content (AvgIpc) is 2.83. The van der Waals surface area contributed by atoms with Gasteiger partial charge < -0.3 is 10.2 Å². The molecule has 1 fully saturated rings. The van der Waals surface area contributed by atoms with E-state index in [9.17, 15) is 4.79 Å². The molecule has 87 valence electrons. The summed E-state index contributed by atoms with van der Waals surface area (Å²) in [5.74, 6) is 0. The molecule has 4 heteroatoms. The molecule has 1 aliphatic rings. The third-order valence-electron chi connectivity index (χ3n) is 3.11. The molecule has 4 nitrogen and oxygen atoms in total. The molecule has 1 N–H and O–H groups in total. The predicted octanol–water partition coefficient (Wildman–Crippen LogP) is 1.31. The number of nitrogens with zero attached hydrogens (tertiary/aromatic N) is 2. The lowest BCUT2D eigenvalue weighted by atomic mass is 10.2. The first-order valence-electron chi connectivity index (χ1n) is 5.84. The number of hydrogen-bond acceptors (Lipinski definition) is 2. The van der Waals surface area contributed by atoms with Crippen LogP contribution in [0.25, 0.3) is 10.9 Å². The number of piperazine rings is 1. The molecule has 1 aromatic heterocycles. The van der Waals surface area contributed by atoms with Crippen molar-refractivity contribution in [2.75, 3.05) is 26.2 Å². The first kappa shape index (κ1) is 10.4. The van der Waals surface area contributed by atoms with E-state index in [1.165, 1.54) is 0 Å². The maximum absolute atomic E-state index is 12.3. The van der Waals surface area contributed by atoms with Crippen molar-refractivity contribution in [3.63, 3.8) is 0 Å². The van der Waals surface area contributed by atoms with E-state index < -0.39 is 0 Å². The fourth-order valence-electron chi connectivity index (χ4n) is 2.18. The number of rotatable bonds is 0. The summed E-state index contributed by atoms with van der Waals surface area (Å²) in [6.45, 7) is 3.28. The smallest absolute Gasteiger partial charge is 0.322 e. The Hall–Kier alpha value is -1.81. The Morgan fingerprint density at radius 2 is 2.00 bits per heavy atom. The molecule has 1 amide bonds. The molecule has 2 aromatic rings. The fraction of sp³-hybridized carbons (Fsp3) is 0.308. The third kappa shape index (κ3) is 1.80. The molecule has 0 bridgehead atoms. The van der Waals surface area contributed by atoms with Crippen LogP contribution in [0.1, 0.15) is 0 Å². The number of aromatic nitrogens is 1. The van der Waals surface area contributed by atoms with Crippen molar-refractivity contribution >= 4 is 16.9 Å². The van der Waals surface area contributed by atoms with Gasteiger partial charge in [-0.2, -0.15) is 0 Å². The Balaban J connectivity index is 1.95. The number of benzene rings is 1. The maximum Gasteiger partial charge on any atom is 0.328 e. The van der Waals surface area contributed by atoms with Crippen molar-refractivity contribution in [1.29, 1.82) is 0 Å². The van der Waals surface area contributed by atoms with Gasteiger partial charge in [0.25, 0.3) is 0 Å². The normalized spacial score (nSPS) is 16.4. The zero-order chi connectivity index (χ0) is 11.7. The molecule has 1 aromatic carbocycles. The van der Waals surface area contributed by atoms with E-state index >= 15 is 0 Å². The molecule has 1 aliphatic heterocycles. The van der Waals surface area contributed by atoms with Crippen LogP contribution in [0.2, 0.25) is 0 Å². The minimum atomic E-state index is 0.0453. The van der Waals surface area contributed by atoms with Crippen molar-refractivity contribution in [2.45, 2.75) is 0 Å². The van der Waals surface area contributed by atoms with Crippen molar-refractivity contribution < 1.29 is 4.79 Å². The summed E-state index contributed by atoms with van der Waals surface area (Å²) in [7, 11) is 0. The van der Waals surface area contributed by atoms with E-state index in [0.29, 0.717) is 0 Å². The van der Waals surface area contributed by atoms with Gasteiger partial charge in [0.05, 0.1) is 5.52 Å². The first-order valence-corrected chi connectivity index (χ1v) is 5.84. The monoisotopic (exact) mass is 228 g/mol. The van der Waals surface area contributed by atoms with Crippen molar-refractivity contribution in [3.05, 3.63) is 36.5 Å². The second kappa shape index (κ2) is 4.22. The van der Waals surface area contributed by atoms with Crippen molar-refractivity contribution in [1.82, 2.24) is 14.8 Å². The SMILES string of the molecule is O=C(N1CCNCC1)n1c[c]c2ccccc21. The van der Waals surface area contributed by atoms with Gasteiger partial charge in [-0.1, -0.05) is 18.2 Å². The van der Waals surface area contributed by atoms with Gasteiger partial charge in [-0.3, -0.25) is 4.57 Å². The van der Waals surface area contributed by atoms with Gasteiger partial charge >= 0.3 is 6.03 Å². The summed E-state index contributed by atoms with van der Waals surface area (Å²) in [5.41, 5.74) is 0.927. The van der Waals surface area contributed by atoms with Crippen LogP contribution in [0.5, 0.6) is 0 Å². The summed E-state index contributed by atoms with van der Waals surface area (Å²) in [6.07, 6.45) is 1.73. The molecular formula is C13H14N3O. The van der Waals surface area contributed by atoms with Gasteiger partial charge in [-0.15, -0.1) is 0 Å². The van der Waals surface area contributed by atoms with Gasteiger partial charge in [0.2, 0.25) is 0 Å². The second-order valence-electron chi connectivity index (χ2n) is 4.18. The minimum Gasteiger partial charge on any atom is -0.322 e. The zero-order valence-corrected chi connectivity index (χ0v) is 9.52. The minimum absolute atomic E-state index is 0.0453. The van der Waals surface area contributed by atoms with Crippen LogP contribution in [-0.2, 0) is 0 Å². The number of nitrogens with one attached hydrogen (secondary N) is 1. The molecule has 0 spiro atoms. The molecule has 1 radical (unpaired) electrons. The Labute approximate surface area is 99.8 Å². The van der Waals surface area contributed by atoms with Gasteiger partial charge in [0.1, 0.15) is 0 Å². The number of para-hydroxylation sites is 1. The molecule has 3 rings (SSSR count). The summed E-state index contributed by atoms with van der Waals surface area (Å²) in [6, 6.07) is 11.0. The Morgan fingerprint density at radius 1 is 1.24 bits per heavy atom. The second-order valence-corrected chi connectivity index (χ2v) is 4.18. The van der Waals surface area contributed by atoms with Gasteiger partial charge in [0, 0.05) is 43.8 Å². The highest BCUT2D eigenvalue weighted by atomic mass is 16.2. The van der Waals surface area contributed by atoms with Crippen LogP contribution in [0.15, 0.2) is 30.5 Å². The van der Waals surface area contributed by atoms with Crippen LogP contribution < -0.4 is 5.32 Å². The van der Waals surface area contributed by atoms with Crippen LogP contribution >= 0.6 is 0 Å². The van der Waals surface area contributed by atoms with Crippen molar-refractivity contribution in [3.8, 4) is 0 Å². The first-order chi connectivity index (χ1) is 8.36. The van der Waals surface area contributed by atoms with Crippen molar-refractivity contribution in [2.24, 2.45) is 0 Å². The number of hydrogen-bond donors (Lipinski definition) is 1. The topological polar surface area (TPSA) is 37.3 Å². The summed E-state index contributed by atoms with van der Waals surface area (Å²) in [5, 5.41) is 4.22. The number of carbonyl (C=O) groups excluding carboxylic acids is 1. The lowest BCUT2D eigenvalue weighted by Gasteiger charge is -2.27. The van der Waals surface area contributed by atoms with Gasteiger partial charge in [-0.25, -0.2) is 4.79 Å². The zero-order valence-electron chi connectivity index (χ0n) is 9.52. The molecule has 0 saturated carbocycles. The summed E-state index contributed by atoms with van der Waals surface area (Å²) < 4.78 is 1.68. The Bertz CT molecular complexity index is 540. The number of fused-ring (bicyclic) bond motifs is 1. The fourth-order valence-corrected chi connectivity index (χ4v) is 2.18.